The SMILES string of the molecule is CCc1cc2c(cc1N1CCNCC1)C(C)(C)c1c(c3ccc(C#N)cc3n1C)C2=O. The Bertz CT molecular complexity index is 1270. The van der Waals surface area contributed by atoms with Crippen LogP contribution in [0.15, 0.2) is 30.3 Å². The molecule has 1 N–H and O–H groups in total. The Morgan fingerprint density at radius 3 is 2.58 bits per heavy atom. The lowest BCUT2D eigenvalue weighted by atomic mass is 9.70. The number of nitrogens with zero attached hydrogens (tertiary/aromatic N) is 3. The Morgan fingerprint density at radius 2 is 1.90 bits per heavy atom. The molecule has 5 nitrogen and oxygen atoms in total. The van der Waals surface area contributed by atoms with E-state index in [0.717, 1.165) is 65.9 Å². The topological polar surface area (TPSA) is 61.1 Å². The number of carbonyl (C=O) groups excluding carboxylic acids is 1. The van der Waals surface area contributed by atoms with Crippen molar-refractivity contribution >= 4 is 22.4 Å². The third kappa shape index (κ3) is 2.75. The molecule has 1 aromatic heterocycles. The number of nitriles is 1. The average molecular weight is 413 g/mol. The number of piperazine rings is 1. The summed E-state index contributed by atoms with van der Waals surface area (Å²) in [5.41, 5.74) is 7.47. The lowest BCUT2D eigenvalue weighted by Crippen LogP contribution is -2.44. The van der Waals surface area contributed by atoms with Gasteiger partial charge >= 0.3 is 0 Å². The molecule has 0 bridgehead atoms. The van der Waals surface area contributed by atoms with Gasteiger partial charge in [0, 0.05) is 61.0 Å². The van der Waals surface area contributed by atoms with Crippen molar-refractivity contribution in [3.05, 3.63) is 63.8 Å². The molecule has 0 spiro atoms. The van der Waals surface area contributed by atoms with Gasteiger partial charge in [0.2, 0.25) is 0 Å². The predicted octanol–water partition coefficient (Wildman–Crippen LogP) is 3.89. The maximum Gasteiger partial charge on any atom is 0.195 e. The summed E-state index contributed by atoms with van der Waals surface area (Å²) in [5, 5.41) is 13.7. The van der Waals surface area contributed by atoms with Gasteiger partial charge in [0.25, 0.3) is 0 Å². The molecule has 5 heteroatoms. The van der Waals surface area contributed by atoms with Gasteiger partial charge in [-0.15, -0.1) is 0 Å². The Balaban J connectivity index is 1.77. The summed E-state index contributed by atoms with van der Waals surface area (Å²) in [4.78, 5) is 16.3. The second-order valence-corrected chi connectivity index (χ2v) is 9.20. The van der Waals surface area contributed by atoms with E-state index in [1.165, 1.54) is 11.3 Å². The molecule has 2 aliphatic rings. The summed E-state index contributed by atoms with van der Waals surface area (Å²) in [6, 6.07) is 12.3. The number of carbonyl (C=O) groups is 1. The van der Waals surface area contributed by atoms with E-state index >= 15 is 0 Å². The largest absolute Gasteiger partial charge is 0.369 e. The van der Waals surface area contributed by atoms with Crippen LogP contribution in [-0.4, -0.2) is 36.5 Å². The van der Waals surface area contributed by atoms with E-state index in [4.69, 9.17) is 0 Å². The molecule has 1 saturated heterocycles. The quantitative estimate of drug-likeness (QED) is 0.694. The molecule has 0 radical (unpaired) electrons. The highest BCUT2D eigenvalue weighted by Gasteiger charge is 2.41. The van der Waals surface area contributed by atoms with Gasteiger partial charge in [-0.1, -0.05) is 26.8 Å². The summed E-state index contributed by atoms with van der Waals surface area (Å²) >= 11 is 0. The fourth-order valence-electron chi connectivity index (χ4n) is 5.55. The number of hydrogen-bond donors (Lipinski definition) is 1. The van der Waals surface area contributed by atoms with Crippen LogP contribution in [0.1, 0.15) is 59.1 Å². The van der Waals surface area contributed by atoms with Gasteiger partial charge < -0.3 is 14.8 Å². The minimum Gasteiger partial charge on any atom is -0.369 e. The maximum absolute atomic E-state index is 13.8. The number of rotatable bonds is 2. The van der Waals surface area contributed by atoms with E-state index in [-0.39, 0.29) is 11.2 Å². The Kier molecular flexibility index (Phi) is 4.46. The lowest BCUT2D eigenvalue weighted by Gasteiger charge is -2.37. The summed E-state index contributed by atoms with van der Waals surface area (Å²) in [6.45, 7) is 10.5. The van der Waals surface area contributed by atoms with Crippen LogP contribution in [0, 0.1) is 11.3 Å². The molecule has 1 aliphatic carbocycles. The van der Waals surface area contributed by atoms with Gasteiger partial charge in [-0.2, -0.15) is 5.26 Å². The average Bonchev–Trinajstić information content (AvgIpc) is 3.10. The van der Waals surface area contributed by atoms with Crippen molar-refractivity contribution in [1.29, 1.82) is 5.26 Å². The third-order valence-corrected chi connectivity index (χ3v) is 7.12. The van der Waals surface area contributed by atoms with Gasteiger partial charge in [-0.3, -0.25) is 4.79 Å². The monoisotopic (exact) mass is 412 g/mol. The van der Waals surface area contributed by atoms with E-state index in [1.807, 2.05) is 25.2 Å². The summed E-state index contributed by atoms with van der Waals surface area (Å²) in [5.74, 6) is 0.0983. The smallest absolute Gasteiger partial charge is 0.195 e. The number of aryl methyl sites for hydroxylation is 2. The zero-order valence-electron chi connectivity index (χ0n) is 18.7. The molecule has 5 rings (SSSR count). The van der Waals surface area contributed by atoms with Gasteiger partial charge in [-0.25, -0.2) is 0 Å². The van der Waals surface area contributed by atoms with Gasteiger partial charge in [0.05, 0.1) is 22.7 Å². The molecule has 3 aromatic rings. The molecule has 2 aromatic carbocycles. The number of ketones is 1. The van der Waals surface area contributed by atoms with Gasteiger partial charge in [0.1, 0.15) is 0 Å². The number of anilines is 1. The minimum absolute atomic E-state index is 0.0983. The van der Waals surface area contributed by atoms with Crippen LogP contribution in [0.2, 0.25) is 0 Å². The molecule has 0 saturated carbocycles. The van der Waals surface area contributed by atoms with E-state index in [0.29, 0.717) is 5.56 Å². The second kappa shape index (κ2) is 6.96. The molecule has 0 unspecified atom stereocenters. The number of nitrogens with one attached hydrogen (secondary N) is 1. The van der Waals surface area contributed by atoms with Crippen molar-refractivity contribution in [1.82, 2.24) is 9.88 Å². The van der Waals surface area contributed by atoms with E-state index in [2.05, 4.69) is 53.8 Å². The highest BCUT2D eigenvalue weighted by atomic mass is 16.1. The van der Waals surface area contributed by atoms with Crippen molar-refractivity contribution < 1.29 is 4.79 Å². The highest BCUT2D eigenvalue weighted by Crippen LogP contribution is 2.46. The number of fused-ring (bicyclic) bond motifs is 4. The van der Waals surface area contributed by atoms with Gasteiger partial charge in [-0.05, 0) is 41.8 Å². The summed E-state index contributed by atoms with van der Waals surface area (Å²) < 4.78 is 2.12. The first-order chi connectivity index (χ1) is 14.9. The molecule has 1 aliphatic heterocycles. The normalized spacial score (nSPS) is 17.4. The molecule has 0 amide bonds. The zero-order valence-corrected chi connectivity index (χ0v) is 18.7. The Morgan fingerprint density at radius 1 is 1.16 bits per heavy atom. The van der Waals surface area contributed by atoms with Crippen LogP contribution in [0.4, 0.5) is 5.69 Å². The molecule has 2 heterocycles. The third-order valence-electron chi connectivity index (χ3n) is 7.12. The van der Waals surface area contributed by atoms with Crippen LogP contribution < -0.4 is 10.2 Å². The standard InChI is InChI=1S/C26H28N4O/c1-5-17-13-19-20(14-21(17)30-10-8-28-9-11-30)26(2,3)25-23(24(19)31)18-7-6-16(15-27)12-22(18)29(25)4/h6-7,12-14,28H,5,8-11H2,1-4H3. The summed E-state index contributed by atoms with van der Waals surface area (Å²) in [7, 11) is 2.01. The van der Waals surface area contributed by atoms with Crippen LogP contribution >= 0.6 is 0 Å². The van der Waals surface area contributed by atoms with Crippen molar-refractivity contribution in [2.75, 3.05) is 31.1 Å². The van der Waals surface area contributed by atoms with E-state index < -0.39 is 0 Å². The number of hydrogen-bond acceptors (Lipinski definition) is 4. The molecular formula is C26H28N4O. The summed E-state index contributed by atoms with van der Waals surface area (Å²) in [6.07, 6.45) is 0.897. The predicted molar refractivity (Wildman–Crippen MR) is 124 cm³/mol. The molecular weight excluding hydrogens is 384 g/mol. The van der Waals surface area contributed by atoms with Crippen LogP contribution in [-0.2, 0) is 18.9 Å². The van der Waals surface area contributed by atoms with Crippen molar-refractivity contribution in [3.63, 3.8) is 0 Å². The first kappa shape index (κ1) is 19.8. The molecule has 0 atom stereocenters. The molecule has 31 heavy (non-hydrogen) atoms. The van der Waals surface area contributed by atoms with Crippen LogP contribution in [0.3, 0.4) is 0 Å². The number of benzene rings is 2. The Hall–Kier alpha value is -3.10. The van der Waals surface area contributed by atoms with Crippen molar-refractivity contribution in [2.45, 2.75) is 32.6 Å². The Labute approximate surface area is 183 Å². The van der Waals surface area contributed by atoms with Crippen molar-refractivity contribution in [3.8, 4) is 6.07 Å². The highest BCUT2D eigenvalue weighted by molar-refractivity contribution is 6.20. The fourth-order valence-corrected chi connectivity index (χ4v) is 5.55. The van der Waals surface area contributed by atoms with E-state index in [9.17, 15) is 10.1 Å². The lowest BCUT2D eigenvalue weighted by molar-refractivity contribution is 0.103. The van der Waals surface area contributed by atoms with Crippen LogP contribution in [0.25, 0.3) is 10.9 Å². The minimum atomic E-state index is -0.325. The zero-order chi connectivity index (χ0) is 21.9. The van der Waals surface area contributed by atoms with Gasteiger partial charge in [0.15, 0.2) is 5.78 Å². The van der Waals surface area contributed by atoms with E-state index in [1.54, 1.807) is 0 Å². The number of aromatic nitrogens is 1. The first-order valence-electron chi connectivity index (χ1n) is 11.1. The fraction of sp³-hybridized carbons (Fsp3) is 0.385. The second-order valence-electron chi connectivity index (χ2n) is 9.20. The van der Waals surface area contributed by atoms with Crippen LogP contribution in [0.5, 0.6) is 0 Å². The molecule has 158 valence electrons. The maximum atomic E-state index is 13.8. The first-order valence-corrected chi connectivity index (χ1v) is 11.1. The van der Waals surface area contributed by atoms with Crippen molar-refractivity contribution in [2.24, 2.45) is 7.05 Å². The molecule has 1 fully saturated rings.